The van der Waals surface area contributed by atoms with Gasteiger partial charge in [0.1, 0.15) is 9.98 Å². The number of thiocarbonyl (C=S) groups is 2. The molecule has 0 heterocycles. The summed E-state index contributed by atoms with van der Waals surface area (Å²) >= 11 is 11.1. The Balaban J connectivity index is 1.01. The van der Waals surface area contributed by atoms with Crippen LogP contribution in [0.1, 0.15) is 202 Å². The summed E-state index contributed by atoms with van der Waals surface area (Å²) in [5.74, 6) is 0. The average molecular weight is 1090 g/mol. The van der Waals surface area contributed by atoms with E-state index in [0.717, 1.165) is 30.9 Å². The summed E-state index contributed by atoms with van der Waals surface area (Å²) in [4.78, 5) is 3.68. The molecule has 1 unspecified atom stereocenters. The van der Waals surface area contributed by atoms with Crippen LogP contribution in [-0.2, 0) is 39.6 Å². The minimum Gasteiger partial charge on any atom is -0.377 e. The third-order valence-corrected chi connectivity index (χ3v) is 14.9. The van der Waals surface area contributed by atoms with Gasteiger partial charge in [0, 0.05) is 30.8 Å². The summed E-state index contributed by atoms with van der Waals surface area (Å²) in [6.45, 7) is 21.8. The van der Waals surface area contributed by atoms with Crippen LogP contribution in [0.4, 0.5) is 0 Å². The summed E-state index contributed by atoms with van der Waals surface area (Å²) < 4.78 is 41.6. The lowest BCUT2D eigenvalue weighted by molar-refractivity contribution is -0.179. The molecule has 4 aromatic rings. The zero-order chi connectivity index (χ0) is 54.5. The van der Waals surface area contributed by atoms with E-state index in [2.05, 4.69) is 113 Å². The first-order chi connectivity index (χ1) is 36.9. The van der Waals surface area contributed by atoms with Crippen LogP contribution in [0, 0.1) is 0 Å². The van der Waals surface area contributed by atoms with Gasteiger partial charge in [0.2, 0.25) is 0 Å². The molecule has 4 rings (SSSR count). The smallest absolute Gasteiger partial charge is 0.180 e. The summed E-state index contributed by atoms with van der Waals surface area (Å²) in [5, 5.41) is 11.5. The van der Waals surface area contributed by atoms with Gasteiger partial charge in [-0.1, -0.05) is 214 Å². The van der Waals surface area contributed by atoms with Crippen molar-refractivity contribution in [2.75, 3.05) is 85.8 Å². The molecule has 4 aromatic carbocycles. The van der Waals surface area contributed by atoms with Gasteiger partial charge in [0.15, 0.2) is 6.29 Å². The summed E-state index contributed by atoms with van der Waals surface area (Å²) in [6, 6.07) is 20.5. The lowest BCUT2D eigenvalue weighted by Crippen LogP contribution is -2.56. The largest absolute Gasteiger partial charge is 0.377 e. The van der Waals surface area contributed by atoms with Crippen LogP contribution < -0.4 is 5.32 Å². The van der Waals surface area contributed by atoms with Crippen LogP contribution in [0.15, 0.2) is 54.6 Å². The van der Waals surface area contributed by atoms with E-state index in [0.29, 0.717) is 84.2 Å². The van der Waals surface area contributed by atoms with Crippen molar-refractivity contribution in [3.8, 4) is 0 Å². The maximum absolute atomic E-state index is 6.25. The molecule has 11 heteroatoms. The number of ether oxygens (including phenoxy) is 7. The van der Waals surface area contributed by atoms with Crippen LogP contribution in [0.5, 0.6) is 0 Å². The van der Waals surface area contributed by atoms with Gasteiger partial charge >= 0.3 is 0 Å². The number of aryl methyl sites for hydroxylation is 1. The first-order valence-corrected chi connectivity index (χ1v) is 31.1. The summed E-state index contributed by atoms with van der Waals surface area (Å²) in [5.41, 5.74) is 1.31. The van der Waals surface area contributed by atoms with Crippen LogP contribution in [0.2, 0.25) is 0 Å². The van der Waals surface area contributed by atoms with E-state index in [4.69, 9.17) is 57.6 Å². The summed E-state index contributed by atoms with van der Waals surface area (Å²) in [7, 11) is 0. The zero-order valence-electron chi connectivity index (χ0n) is 49.1. The van der Waals surface area contributed by atoms with Crippen LogP contribution in [0.3, 0.4) is 0 Å². The van der Waals surface area contributed by atoms with Gasteiger partial charge in [0.25, 0.3) is 0 Å². The van der Waals surface area contributed by atoms with E-state index in [9.17, 15) is 0 Å². The predicted molar refractivity (Wildman–Crippen MR) is 330 cm³/mol. The zero-order valence-corrected chi connectivity index (χ0v) is 50.7. The Morgan fingerprint density at radius 2 is 0.921 bits per heavy atom. The predicted octanol–water partition coefficient (Wildman–Crippen LogP) is 16.7. The maximum Gasteiger partial charge on any atom is 0.180 e. The normalized spacial score (nSPS) is 12.7. The number of benzene rings is 4. The Kier molecular flexibility index (Phi) is 34.5. The molecule has 1 N–H and O–H groups in total. The number of hydrogen-bond donors (Lipinski definition) is 1. The van der Waals surface area contributed by atoms with Crippen molar-refractivity contribution in [1.29, 1.82) is 0 Å². The van der Waals surface area contributed by atoms with Crippen LogP contribution >= 0.6 is 24.4 Å². The van der Waals surface area contributed by atoms with Crippen molar-refractivity contribution in [3.05, 3.63) is 60.2 Å². The standard InChI is InChI=1S/C65H106N2O7S2/c1-8-9-10-11-12-13-14-15-16-17-18-19-20-23-26-29-42-70-53-61(74-50-49-69-46-45-68-44-41-66-59(75)51-71-47-48-72-52-60(76)67(64(2,3)4)65(5,6)7)73-43-30-27-24-21-22-25-28-32-54-35-36-57-38-37-55-33-31-34-56-39-40-58(54)63(57)62(55)56/h31,33-40,61H,8-30,32,41-53H2,1-7H3,(H,66,75). The van der Waals surface area contributed by atoms with Crippen molar-refractivity contribution in [2.45, 2.75) is 220 Å². The molecule has 0 fully saturated rings. The van der Waals surface area contributed by atoms with Crippen molar-refractivity contribution in [1.82, 2.24) is 10.2 Å². The Hall–Kier alpha value is -2.58. The second-order valence-electron chi connectivity index (χ2n) is 23.1. The first kappa shape index (κ1) is 65.9. The van der Waals surface area contributed by atoms with Crippen LogP contribution in [-0.4, -0.2) is 118 Å². The van der Waals surface area contributed by atoms with Gasteiger partial charge in [-0.15, -0.1) is 0 Å². The van der Waals surface area contributed by atoms with Crippen molar-refractivity contribution < 1.29 is 33.2 Å². The van der Waals surface area contributed by atoms with Crippen LogP contribution in [0.25, 0.3) is 32.3 Å². The monoisotopic (exact) mass is 1090 g/mol. The second kappa shape index (κ2) is 39.7. The molecule has 0 spiro atoms. The molecule has 0 amide bonds. The van der Waals surface area contributed by atoms with Gasteiger partial charge in [-0.05, 0) is 105 Å². The number of hydrogen-bond acceptors (Lipinski definition) is 9. The van der Waals surface area contributed by atoms with Crippen molar-refractivity contribution in [2.24, 2.45) is 0 Å². The van der Waals surface area contributed by atoms with E-state index in [1.165, 1.54) is 173 Å². The molecule has 0 aromatic heterocycles. The fraction of sp³-hybridized carbons (Fsp3) is 0.723. The third kappa shape index (κ3) is 27.5. The molecule has 0 saturated heterocycles. The molecule has 0 radical (unpaired) electrons. The molecular weight excluding hydrogens is 985 g/mol. The van der Waals surface area contributed by atoms with E-state index in [1.807, 2.05) is 0 Å². The highest BCUT2D eigenvalue weighted by Crippen LogP contribution is 2.36. The fourth-order valence-electron chi connectivity index (χ4n) is 10.7. The summed E-state index contributed by atoms with van der Waals surface area (Å²) in [6.07, 6.45) is 31.1. The molecule has 0 aliphatic heterocycles. The highest BCUT2D eigenvalue weighted by atomic mass is 32.1. The van der Waals surface area contributed by atoms with Gasteiger partial charge in [-0.25, -0.2) is 0 Å². The van der Waals surface area contributed by atoms with E-state index < -0.39 is 0 Å². The topological polar surface area (TPSA) is 79.9 Å². The molecule has 76 heavy (non-hydrogen) atoms. The molecule has 9 nitrogen and oxygen atoms in total. The highest BCUT2D eigenvalue weighted by Gasteiger charge is 2.33. The van der Waals surface area contributed by atoms with Gasteiger partial charge in [0.05, 0.1) is 66.1 Å². The Bertz CT molecular complexity index is 2070. The second-order valence-corrected chi connectivity index (χ2v) is 24.1. The molecule has 0 bridgehead atoms. The number of unbranched alkanes of at least 4 members (excludes halogenated alkanes) is 21. The lowest BCUT2D eigenvalue weighted by atomic mass is 9.90. The van der Waals surface area contributed by atoms with E-state index in [-0.39, 0.29) is 17.4 Å². The van der Waals surface area contributed by atoms with E-state index in [1.54, 1.807) is 0 Å². The van der Waals surface area contributed by atoms with Gasteiger partial charge in [-0.3, -0.25) is 0 Å². The lowest BCUT2D eigenvalue weighted by Gasteiger charge is -2.47. The number of nitrogens with zero attached hydrogens (tertiary/aromatic N) is 1. The molecule has 0 saturated carbocycles. The molecule has 430 valence electrons. The minimum atomic E-state index is -0.386. The Labute approximate surface area is 473 Å². The number of rotatable bonds is 47. The molecule has 1 atom stereocenters. The molecular formula is C65H106N2O7S2. The quantitative estimate of drug-likeness (QED) is 0.0199. The van der Waals surface area contributed by atoms with E-state index >= 15 is 0 Å². The maximum atomic E-state index is 6.25. The van der Waals surface area contributed by atoms with Gasteiger partial charge < -0.3 is 43.4 Å². The minimum absolute atomic E-state index is 0.0855. The fourth-order valence-corrected chi connectivity index (χ4v) is 11.6. The SMILES string of the molecule is CCCCCCCCCCCCCCCCCCOCC(OCCCCCCCCCc1ccc2ccc3cccc4ccc1c2c34)OCCOCCOCCNC(=S)COCCOCC(=S)N(C(C)(C)C)C(C)(C)C. The third-order valence-electron chi connectivity index (χ3n) is 14.3. The van der Waals surface area contributed by atoms with Crippen molar-refractivity contribution >= 4 is 66.7 Å². The highest BCUT2D eigenvalue weighted by molar-refractivity contribution is 7.80. The first-order valence-electron chi connectivity index (χ1n) is 30.3. The molecule has 0 aliphatic rings. The Morgan fingerprint density at radius 3 is 1.51 bits per heavy atom. The number of nitrogens with one attached hydrogen (secondary N) is 1. The van der Waals surface area contributed by atoms with Crippen molar-refractivity contribution in [3.63, 3.8) is 0 Å². The van der Waals surface area contributed by atoms with Gasteiger partial charge in [-0.2, -0.15) is 0 Å². The Morgan fingerprint density at radius 1 is 0.461 bits per heavy atom. The average Bonchev–Trinajstić information content (AvgIpc) is 3.39. The molecule has 0 aliphatic carbocycles.